The van der Waals surface area contributed by atoms with E-state index in [-0.39, 0.29) is 11.9 Å². The monoisotopic (exact) mass is 698 g/mol. The van der Waals surface area contributed by atoms with Crippen LogP contribution in [0.2, 0.25) is 0 Å². The Bertz CT molecular complexity index is 866. The number of unbranched alkanes of at least 4 members (excludes halogenated alkanes) is 24. The van der Waals surface area contributed by atoms with Crippen LogP contribution in [0.15, 0.2) is 30.8 Å². The van der Waals surface area contributed by atoms with E-state index in [2.05, 4.69) is 49.6 Å². The van der Waals surface area contributed by atoms with Crippen LogP contribution < -0.4 is 0 Å². The first kappa shape index (κ1) is 45.9. The van der Waals surface area contributed by atoms with Gasteiger partial charge in [0.25, 0.3) is 0 Å². The van der Waals surface area contributed by atoms with Crippen molar-refractivity contribution in [3.8, 4) is 0 Å². The van der Waals surface area contributed by atoms with Gasteiger partial charge in [-0.15, -0.1) is 0 Å². The second kappa shape index (κ2) is 35.3. The number of carbonyl (C=O) groups excluding carboxylic acids is 2. The molecule has 288 valence electrons. The largest absolute Gasteiger partial charge is 0.464 e. The van der Waals surface area contributed by atoms with E-state index in [4.69, 9.17) is 9.47 Å². The van der Waals surface area contributed by atoms with Gasteiger partial charge in [0.15, 0.2) is 0 Å². The molecular formula is C45H79NO4. The summed E-state index contributed by atoms with van der Waals surface area (Å²) in [4.78, 5) is 27.0. The van der Waals surface area contributed by atoms with Gasteiger partial charge in [0.1, 0.15) is 13.2 Å². The molecule has 0 aliphatic heterocycles. The highest BCUT2D eigenvalue weighted by atomic mass is 16.5. The lowest BCUT2D eigenvalue weighted by Gasteiger charge is -2.22. The fraction of sp³-hybridized carbons (Fsp3) is 0.778. The number of benzene rings is 1. The summed E-state index contributed by atoms with van der Waals surface area (Å²) in [6.07, 6.45) is 36.5. The zero-order valence-corrected chi connectivity index (χ0v) is 33.0. The number of rotatable bonds is 37. The summed E-state index contributed by atoms with van der Waals surface area (Å²) in [5.74, 6) is -0.208. The molecule has 5 heteroatoms. The smallest absolute Gasteiger partial charge is 0.305 e. The van der Waals surface area contributed by atoms with Crippen molar-refractivity contribution in [2.45, 2.75) is 200 Å². The summed E-state index contributed by atoms with van der Waals surface area (Å²) in [6, 6.07) is 8.33. The quantitative estimate of drug-likeness (QED) is 0.0512. The van der Waals surface area contributed by atoms with Gasteiger partial charge in [-0.25, -0.2) is 0 Å². The number of ether oxygens (including phenoxy) is 2. The predicted octanol–water partition coefficient (Wildman–Crippen LogP) is 13.2. The fourth-order valence-electron chi connectivity index (χ4n) is 6.58. The lowest BCUT2D eigenvalue weighted by Crippen LogP contribution is -2.31. The van der Waals surface area contributed by atoms with Gasteiger partial charge in [0, 0.05) is 32.5 Å². The van der Waals surface area contributed by atoms with Gasteiger partial charge in [0.2, 0.25) is 0 Å². The minimum Gasteiger partial charge on any atom is -0.464 e. The van der Waals surface area contributed by atoms with Crippen LogP contribution in [0.1, 0.15) is 205 Å². The zero-order valence-electron chi connectivity index (χ0n) is 33.0. The summed E-state index contributed by atoms with van der Waals surface area (Å²) in [6.45, 7) is 11.0. The van der Waals surface area contributed by atoms with Crippen LogP contribution in [0, 0.1) is 0 Å². The average Bonchev–Trinajstić information content (AvgIpc) is 3.12. The molecule has 0 amide bonds. The minimum absolute atomic E-state index is 0.104. The molecule has 0 unspecified atom stereocenters. The maximum atomic E-state index is 12.4. The van der Waals surface area contributed by atoms with E-state index < -0.39 is 0 Å². The number of carbonyl (C=O) groups is 2. The molecule has 0 aliphatic rings. The molecule has 0 N–H and O–H groups in total. The van der Waals surface area contributed by atoms with Gasteiger partial charge in [-0.3, -0.25) is 14.5 Å². The molecule has 0 saturated carbocycles. The highest BCUT2D eigenvalue weighted by Crippen LogP contribution is 2.15. The molecular weight excluding hydrogens is 618 g/mol. The third-order valence-electron chi connectivity index (χ3n) is 9.93. The number of hydrogen-bond donors (Lipinski definition) is 0. The van der Waals surface area contributed by atoms with Gasteiger partial charge in [-0.1, -0.05) is 205 Å². The van der Waals surface area contributed by atoms with E-state index in [9.17, 15) is 9.59 Å². The van der Waals surface area contributed by atoms with Crippen molar-refractivity contribution >= 4 is 18.0 Å². The van der Waals surface area contributed by atoms with Crippen molar-refractivity contribution in [3.63, 3.8) is 0 Å². The van der Waals surface area contributed by atoms with Crippen LogP contribution in [-0.4, -0.2) is 43.1 Å². The normalized spacial score (nSPS) is 11.3. The van der Waals surface area contributed by atoms with Crippen molar-refractivity contribution in [2.75, 3.05) is 26.3 Å². The van der Waals surface area contributed by atoms with Crippen molar-refractivity contribution in [3.05, 3.63) is 42.0 Å². The average molecular weight is 698 g/mol. The van der Waals surface area contributed by atoms with Gasteiger partial charge in [-0.2, -0.15) is 0 Å². The summed E-state index contributed by atoms with van der Waals surface area (Å²) < 4.78 is 11.2. The topological polar surface area (TPSA) is 55.8 Å². The van der Waals surface area contributed by atoms with E-state index >= 15 is 0 Å². The Balaban J connectivity index is 2.18. The molecule has 0 aromatic heterocycles. The Morgan fingerprint density at radius 3 is 1.16 bits per heavy atom. The second-order valence-corrected chi connectivity index (χ2v) is 14.6. The fourth-order valence-corrected chi connectivity index (χ4v) is 6.58. The van der Waals surface area contributed by atoms with Crippen LogP contribution in [0.5, 0.6) is 0 Å². The third kappa shape index (κ3) is 29.6. The molecule has 1 aromatic rings. The molecule has 0 bridgehead atoms. The first-order valence-corrected chi connectivity index (χ1v) is 21.3. The lowest BCUT2D eigenvalue weighted by molar-refractivity contribution is -0.144. The van der Waals surface area contributed by atoms with Gasteiger partial charge >= 0.3 is 11.9 Å². The number of esters is 2. The van der Waals surface area contributed by atoms with Gasteiger partial charge in [0.05, 0.1) is 0 Å². The van der Waals surface area contributed by atoms with Crippen LogP contribution in [0.3, 0.4) is 0 Å². The molecule has 0 radical (unpaired) electrons. The molecule has 0 spiro atoms. The molecule has 50 heavy (non-hydrogen) atoms. The van der Waals surface area contributed by atoms with Crippen LogP contribution >= 0.6 is 0 Å². The highest BCUT2D eigenvalue weighted by molar-refractivity contribution is 5.69. The first-order valence-electron chi connectivity index (χ1n) is 21.3. The summed E-state index contributed by atoms with van der Waals surface area (Å²) >= 11 is 0. The third-order valence-corrected chi connectivity index (χ3v) is 9.93. The maximum Gasteiger partial charge on any atom is 0.305 e. The van der Waals surface area contributed by atoms with E-state index in [1.54, 1.807) is 0 Å². The van der Waals surface area contributed by atoms with Crippen molar-refractivity contribution < 1.29 is 19.1 Å². The summed E-state index contributed by atoms with van der Waals surface area (Å²) in [5, 5.41) is 0. The van der Waals surface area contributed by atoms with Crippen molar-refractivity contribution in [1.29, 1.82) is 0 Å². The van der Waals surface area contributed by atoms with Crippen molar-refractivity contribution in [2.24, 2.45) is 0 Å². The Hall–Kier alpha value is -2.14. The minimum atomic E-state index is -0.104. The first-order chi connectivity index (χ1) is 24.6. The Morgan fingerprint density at radius 1 is 0.520 bits per heavy atom. The summed E-state index contributed by atoms with van der Waals surface area (Å²) in [7, 11) is 0. The highest BCUT2D eigenvalue weighted by Gasteiger charge is 2.11. The van der Waals surface area contributed by atoms with E-state index in [1.165, 1.54) is 147 Å². The van der Waals surface area contributed by atoms with E-state index in [0.29, 0.717) is 45.7 Å². The maximum absolute atomic E-state index is 12.4. The second-order valence-electron chi connectivity index (χ2n) is 14.6. The molecule has 0 heterocycles. The summed E-state index contributed by atoms with van der Waals surface area (Å²) in [5.41, 5.74) is 2.26. The van der Waals surface area contributed by atoms with Gasteiger partial charge < -0.3 is 9.47 Å². The van der Waals surface area contributed by atoms with Crippen molar-refractivity contribution in [1.82, 2.24) is 4.90 Å². The molecule has 1 aromatic carbocycles. The number of nitrogens with zero attached hydrogens (tertiary/aromatic N) is 1. The van der Waals surface area contributed by atoms with E-state index in [0.717, 1.165) is 31.2 Å². The molecule has 1 rings (SSSR count). The Morgan fingerprint density at radius 2 is 0.840 bits per heavy atom. The molecule has 5 nitrogen and oxygen atoms in total. The predicted molar refractivity (Wildman–Crippen MR) is 214 cm³/mol. The zero-order chi connectivity index (χ0) is 36.2. The molecule has 0 fully saturated rings. The van der Waals surface area contributed by atoms with Crippen LogP contribution in [0.25, 0.3) is 6.08 Å². The Kier molecular flexibility index (Phi) is 32.4. The van der Waals surface area contributed by atoms with Crippen LogP contribution in [0.4, 0.5) is 0 Å². The molecule has 0 saturated heterocycles. The SMILES string of the molecule is C=Cc1ccc(CN(CCOC(=O)CCCCCCCCCCCCCCC)CCOC(=O)CCCCCCCCCCCCCCC)cc1. The van der Waals surface area contributed by atoms with E-state index in [1.807, 2.05) is 6.08 Å². The molecule has 0 aliphatic carbocycles. The number of hydrogen-bond acceptors (Lipinski definition) is 5. The lowest BCUT2D eigenvalue weighted by atomic mass is 10.0. The van der Waals surface area contributed by atoms with Crippen LogP contribution in [-0.2, 0) is 25.6 Å². The molecule has 0 atom stereocenters. The Labute approximate surface area is 309 Å². The standard InChI is InChI=1S/C45H79NO4/c1-4-7-9-11-13-15-17-19-21-23-25-27-29-31-44(47)49-39-37-46(41-43-35-33-42(6-3)34-36-43)38-40-50-45(48)32-30-28-26-24-22-20-18-16-14-12-10-8-5-2/h6,33-36H,3-5,7-32,37-41H2,1-2H3. The van der Waals surface area contributed by atoms with Gasteiger partial charge in [-0.05, 0) is 24.0 Å².